The first-order chi connectivity index (χ1) is 6.84. The van der Waals surface area contributed by atoms with Gasteiger partial charge in [0.1, 0.15) is 24.3 Å². The molecule has 0 saturated carbocycles. The molecule has 0 aliphatic heterocycles. The van der Waals surface area contributed by atoms with Gasteiger partial charge in [-0.1, -0.05) is 0 Å². The van der Waals surface area contributed by atoms with Crippen molar-refractivity contribution in [1.29, 1.82) is 0 Å². The van der Waals surface area contributed by atoms with Crippen LogP contribution in [0, 0.1) is 6.92 Å². The summed E-state index contributed by atoms with van der Waals surface area (Å²) in [5, 5.41) is 0. The fraction of sp³-hybridized carbons (Fsp3) is 0.200. The lowest BCUT2D eigenvalue weighted by Crippen LogP contribution is -1.95. The van der Waals surface area contributed by atoms with Gasteiger partial charge in [-0.05, 0) is 12.1 Å². The fourth-order valence-electron chi connectivity index (χ4n) is 1.06. The minimum atomic E-state index is 0.406. The molecule has 2 heterocycles. The Morgan fingerprint density at radius 3 is 3.07 bits per heavy atom. The number of aromatic nitrogens is 2. The van der Waals surface area contributed by atoms with E-state index in [4.69, 9.17) is 9.15 Å². The van der Waals surface area contributed by atoms with Crippen LogP contribution in [0.15, 0.2) is 35.2 Å². The summed E-state index contributed by atoms with van der Waals surface area (Å²) >= 11 is 0. The van der Waals surface area contributed by atoms with E-state index in [9.17, 15) is 0 Å². The summed E-state index contributed by atoms with van der Waals surface area (Å²) in [6.07, 6.45) is 4.95. The van der Waals surface area contributed by atoms with Crippen molar-refractivity contribution in [2.75, 3.05) is 0 Å². The third kappa shape index (κ3) is 2.10. The van der Waals surface area contributed by atoms with Crippen LogP contribution in [0.25, 0.3) is 0 Å². The Morgan fingerprint density at radius 1 is 1.50 bits per heavy atom. The minimum Gasteiger partial charge on any atom is -0.486 e. The highest BCUT2D eigenvalue weighted by atomic mass is 16.5. The van der Waals surface area contributed by atoms with Gasteiger partial charge < -0.3 is 9.15 Å². The number of ether oxygens (including phenoxy) is 1. The Bertz CT molecular complexity index is 398. The van der Waals surface area contributed by atoms with Crippen molar-refractivity contribution in [3.63, 3.8) is 0 Å². The molecule has 2 aromatic rings. The summed E-state index contributed by atoms with van der Waals surface area (Å²) in [5.41, 5.74) is 0.784. The second-order valence-corrected chi connectivity index (χ2v) is 2.84. The molecule has 0 N–H and O–H groups in total. The molecule has 14 heavy (non-hydrogen) atoms. The number of nitrogens with zero attached hydrogens (tertiary/aromatic N) is 2. The Labute approximate surface area is 81.6 Å². The van der Waals surface area contributed by atoms with Crippen LogP contribution < -0.4 is 4.74 Å². The van der Waals surface area contributed by atoms with Crippen LogP contribution in [0.3, 0.4) is 0 Å². The summed E-state index contributed by atoms with van der Waals surface area (Å²) in [7, 11) is 0. The largest absolute Gasteiger partial charge is 0.486 e. The quantitative estimate of drug-likeness (QED) is 0.742. The average molecular weight is 190 g/mol. The molecule has 0 aromatic carbocycles. The molecule has 0 aliphatic carbocycles. The highest BCUT2D eigenvalue weighted by Crippen LogP contribution is 2.09. The number of rotatable bonds is 3. The molecule has 0 radical (unpaired) electrons. The van der Waals surface area contributed by atoms with Crippen molar-refractivity contribution in [2.45, 2.75) is 13.5 Å². The zero-order valence-electron chi connectivity index (χ0n) is 7.80. The molecular weight excluding hydrogens is 180 g/mol. The Morgan fingerprint density at radius 2 is 2.43 bits per heavy atom. The lowest BCUT2D eigenvalue weighted by molar-refractivity contribution is 0.300. The van der Waals surface area contributed by atoms with Gasteiger partial charge in [-0.15, -0.1) is 0 Å². The normalized spacial score (nSPS) is 10.1. The van der Waals surface area contributed by atoms with E-state index in [-0.39, 0.29) is 0 Å². The molecule has 0 bridgehead atoms. The predicted molar refractivity (Wildman–Crippen MR) is 49.8 cm³/mol. The molecule has 0 spiro atoms. The predicted octanol–water partition coefficient (Wildman–Crippen LogP) is 1.96. The summed E-state index contributed by atoms with van der Waals surface area (Å²) in [6, 6.07) is 3.67. The van der Waals surface area contributed by atoms with Crippen molar-refractivity contribution in [3.8, 4) is 5.75 Å². The standard InChI is InChI=1S/C10H10N2O2/c1-8-12-9(6-13-8)7-14-10-3-2-4-11-5-10/h2-6H,7H2,1H3. The SMILES string of the molecule is Cc1nc(COc2cccnc2)co1. The summed E-state index contributed by atoms with van der Waals surface area (Å²) in [4.78, 5) is 8.05. The number of hydrogen-bond acceptors (Lipinski definition) is 4. The van der Waals surface area contributed by atoms with E-state index in [1.165, 1.54) is 0 Å². The van der Waals surface area contributed by atoms with Gasteiger partial charge in [0.2, 0.25) is 0 Å². The van der Waals surface area contributed by atoms with E-state index >= 15 is 0 Å². The van der Waals surface area contributed by atoms with Gasteiger partial charge in [-0.3, -0.25) is 4.98 Å². The zero-order valence-corrected chi connectivity index (χ0v) is 7.80. The molecule has 4 nitrogen and oxygen atoms in total. The highest BCUT2D eigenvalue weighted by Gasteiger charge is 2.00. The van der Waals surface area contributed by atoms with E-state index < -0.39 is 0 Å². The van der Waals surface area contributed by atoms with E-state index in [1.807, 2.05) is 12.1 Å². The monoisotopic (exact) mass is 190 g/mol. The van der Waals surface area contributed by atoms with Crippen LogP contribution in [0.1, 0.15) is 11.6 Å². The van der Waals surface area contributed by atoms with Crippen molar-refractivity contribution < 1.29 is 9.15 Å². The summed E-state index contributed by atoms with van der Waals surface area (Å²) in [6.45, 7) is 2.20. The van der Waals surface area contributed by atoms with Crippen molar-refractivity contribution in [2.24, 2.45) is 0 Å². The smallest absolute Gasteiger partial charge is 0.191 e. The fourth-order valence-corrected chi connectivity index (χ4v) is 1.06. The number of pyridine rings is 1. The molecule has 2 aromatic heterocycles. The molecular formula is C10H10N2O2. The maximum absolute atomic E-state index is 5.42. The van der Waals surface area contributed by atoms with Gasteiger partial charge in [0.25, 0.3) is 0 Å². The summed E-state index contributed by atoms with van der Waals surface area (Å²) < 4.78 is 10.5. The number of aryl methyl sites for hydroxylation is 1. The van der Waals surface area contributed by atoms with Gasteiger partial charge in [-0.25, -0.2) is 4.98 Å². The number of oxazole rings is 1. The first-order valence-corrected chi connectivity index (χ1v) is 4.28. The molecule has 0 unspecified atom stereocenters. The highest BCUT2D eigenvalue weighted by molar-refractivity contribution is 5.15. The first kappa shape index (κ1) is 8.74. The minimum absolute atomic E-state index is 0.406. The van der Waals surface area contributed by atoms with Crippen molar-refractivity contribution in [1.82, 2.24) is 9.97 Å². The lowest BCUT2D eigenvalue weighted by Gasteiger charge is -2.01. The molecule has 0 fully saturated rings. The molecule has 0 amide bonds. The zero-order chi connectivity index (χ0) is 9.80. The van der Waals surface area contributed by atoms with E-state index in [0.717, 1.165) is 11.4 Å². The third-order valence-electron chi connectivity index (χ3n) is 1.69. The van der Waals surface area contributed by atoms with Gasteiger partial charge in [0.15, 0.2) is 5.89 Å². The van der Waals surface area contributed by atoms with Crippen LogP contribution in [-0.2, 0) is 6.61 Å². The first-order valence-electron chi connectivity index (χ1n) is 4.28. The topological polar surface area (TPSA) is 48.2 Å². The van der Waals surface area contributed by atoms with Gasteiger partial charge >= 0.3 is 0 Å². The summed E-state index contributed by atoms with van der Waals surface area (Å²) in [5.74, 6) is 1.38. The lowest BCUT2D eigenvalue weighted by atomic mass is 10.4. The Kier molecular flexibility index (Phi) is 2.44. The van der Waals surface area contributed by atoms with Gasteiger partial charge in [0.05, 0.1) is 6.20 Å². The molecule has 0 atom stereocenters. The second kappa shape index (κ2) is 3.91. The van der Waals surface area contributed by atoms with Crippen LogP contribution >= 0.6 is 0 Å². The third-order valence-corrected chi connectivity index (χ3v) is 1.69. The van der Waals surface area contributed by atoms with Crippen LogP contribution in [0.5, 0.6) is 5.75 Å². The maximum atomic E-state index is 5.42. The van der Waals surface area contributed by atoms with Gasteiger partial charge in [0, 0.05) is 13.1 Å². The van der Waals surface area contributed by atoms with Crippen molar-refractivity contribution >= 4 is 0 Å². The van der Waals surface area contributed by atoms with Crippen LogP contribution in [0.4, 0.5) is 0 Å². The molecule has 4 heteroatoms. The Hall–Kier alpha value is -1.84. The average Bonchev–Trinajstić information content (AvgIpc) is 2.63. The molecule has 72 valence electrons. The molecule has 0 saturated heterocycles. The Balaban J connectivity index is 1.95. The van der Waals surface area contributed by atoms with Crippen LogP contribution in [-0.4, -0.2) is 9.97 Å². The maximum Gasteiger partial charge on any atom is 0.191 e. The molecule has 2 rings (SSSR count). The number of hydrogen-bond donors (Lipinski definition) is 0. The van der Waals surface area contributed by atoms with Gasteiger partial charge in [-0.2, -0.15) is 0 Å². The van der Waals surface area contributed by atoms with E-state index in [1.54, 1.807) is 25.6 Å². The van der Waals surface area contributed by atoms with E-state index in [0.29, 0.717) is 12.5 Å². The van der Waals surface area contributed by atoms with E-state index in [2.05, 4.69) is 9.97 Å². The van der Waals surface area contributed by atoms with Crippen LogP contribution in [0.2, 0.25) is 0 Å². The molecule has 0 aliphatic rings. The second-order valence-electron chi connectivity index (χ2n) is 2.84. The van der Waals surface area contributed by atoms with Crippen molar-refractivity contribution in [3.05, 3.63) is 42.4 Å².